The van der Waals surface area contributed by atoms with Crippen LogP contribution in [0.5, 0.6) is 23.0 Å². The van der Waals surface area contributed by atoms with E-state index in [1.54, 1.807) is 0 Å². The lowest BCUT2D eigenvalue weighted by Crippen LogP contribution is -2.16. The second-order valence-electron chi connectivity index (χ2n) is 15.3. The Labute approximate surface area is 319 Å². The highest BCUT2D eigenvalue weighted by Crippen LogP contribution is 2.57. The fourth-order valence-corrected chi connectivity index (χ4v) is 9.49. The summed E-state index contributed by atoms with van der Waals surface area (Å²) in [6.07, 6.45) is 0. The predicted octanol–water partition coefficient (Wildman–Crippen LogP) is 14.1. The highest BCUT2D eigenvalue weighted by molar-refractivity contribution is 6.16. The van der Waals surface area contributed by atoms with E-state index in [9.17, 15) is 0 Å². The zero-order valence-electron chi connectivity index (χ0n) is 30.4. The predicted molar refractivity (Wildman–Crippen MR) is 224 cm³/mol. The molecule has 0 unspecified atom stereocenters. The first-order valence-corrected chi connectivity index (χ1v) is 18.9. The summed E-state index contributed by atoms with van der Waals surface area (Å²) in [4.78, 5) is 2.45. The van der Waals surface area contributed by atoms with Crippen molar-refractivity contribution >= 4 is 38.9 Å². The maximum Gasteiger partial charge on any atom is 0.160 e. The van der Waals surface area contributed by atoms with E-state index in [4.69, 9.17) is 9.47 Å². The summed E-state index contributed by atoms with van der Waals surface area (Å²) in [6, 6.07) is 61.0. The van der Waals surface area contributed by atoms with Gasteiger partial charge in [-0.05, 0) is 76.3 Å². The number of benzene rings is 8. The largest absolute Gasteiger partial charge is 0.453 e. The third-order valence-electron chi connectivity index (χ3n) is 12.0. The van der Waals surface area contributed by atoms with Gasteiger partial charge in [-0.25, -0.2) is 0 Å². The molecule has 0 saturated carbocycles. The molecule has 0 amide bonds. The minimum atomic E-state index is -0.119. The fourth-order valence-electron chi connectivity index (χ4n) is 9.49. The van der Waals surface area contributed by atoms with Gasteiger partial charge in [0.2, 0.25) is 0 Å². The molecule has 1 aromatic heterocycles. The van der Waals surface area contributed by atoms with Gasteiger partial charge in [-0.3, -0.25) is 4.57 Å². The van der Waals surface area contributed by atoms with E-state index in [1.807, 2.05) is 18.2 Å². The minimum Gasteiger partial charge on any atom is -0.453 e. The van der Waals surface area contributed by atoms with Gasteiger partial charge in [0.25, 0.3) is 0 Å². The normalized spacial score (nSPS) is 13.7. The summed E-state index contributed by atoms with van der Waals surface area (Å²) < 4.78 is 15.6. The lowest BCUT2D eigenvalue weighted by atomic mass is 9.82. The molecule has 0 saturated heterocycles. The van der Waals surface area contributed by atoms with Gasteiger partial charge >= 0.3 is 0 Å². The van der Waals surface area contributed by atoms with Crippen LogP contribution in [0.1, 0.15) is 25.0 Å². The van der Waals surface area contributed by atoms with Gasteiger partial charge in [-0.15, -0.1) is 0 Å². The third kappa shape index (κ3) is 4.11. The summed E-state index contributed by atoms with van der Waals surface area (Å²) in [6.45, 7) is 4.69. The molecule has 260 valence electrons. The summed E-state index contributed by atoms with van der Waals surface area (Å²) in [5.41, 5.74) is 16.2. The molecular formula is C51H34N2O2. The van der Waals surface area contributed by atoms with Crippen molar-refractivity contribution in [1.82, 2.24) is 4.57 Å². The second kappa shape index (κ2) is 11.0. The van der Waals surface area contributed by atoms with Gasteiger partial charge in [0, 0.05) is 38.6 Å². The molecular weight excluding hydrogens is 673 g/mol. The lowest BCUT2D eigenvalue weighted by Gasteiger charge is -2.31. The summed E-state index contributed by atoms with van der Waals surface area (Å²) in [5.74, 6) is 3.34. The van der Waals surface area contributed by atoms with Crippen LogP contribution in [0, 0.1) is 0 Å². The molecule has 0 fully saturated rings. The van der Waals surface area contributed by atoms with Gasteiger partial charge in [0.05, 0.1) is 22.4 Å². The molecule has 0 radical (unpaired) electrons. The molecule has 2 aliphatic heterocycles. The van der Waals surface area contributed by atoms with E-state index < -0.39 is 0 Å². The van der Waals surface area contributed by atoms with Crippen LogP contribution >= 0.6 is 0 Å². The van der Waals surface area contributed by atoms with E-state index in [0.29, 0.717) is 0 Å². The Kier molecular flexibility index (Phi) is 6.09. The molecule has 55 heavy (non-hydrogen) atoms. The van der Waals surface area contributed by atoms with Crippen molar-refractivity contribution in [3.05, 3.63) is 181 Å². The molecule has 9 aromatic rings. The van der Waals surface area contributed by atoms with Crippen molar-refractivity contribution in [3.63, 3.8) is 0 Å². The van der Waals surface area contributed by atoms with Crippen LogP contribution in [0.15, 0.2) is 170 Å². The smallest absolute Gasteiger partial charge is 0.160 e. The zero-order chi connectivity index (χ0) is 36.4. The number of aromatic nitrogens is 1. The second-order valence-corrected chi connectivity index (χ2v) is 15.3. The van der Waals surface area contributed by atoms with Crippen molar-refractivity contribution < 1.29 is 9.47 Å². The van der Waals surface area contributed by atoms with Crippen molar-refractivity contribution in [3.8, 4) is 62.1 Å². The topological polar surface area (TPSA) is 26.6 Å². The highest BCUT2D eigenvalue weighted by atomic mass is 16.5. The van der Waals surface area contributed by atoms with Crippen molar-refractivity contribution in [1.29, 1.82) is 0 Å². The van der Waals surface area contributed by atoms with Crippen LogP contribution in [0.25, 0.3) is 60.9 Å². The molecule has 4 heteroatoms. The van der Waals surface area contributed by atoms with Crippen LogP contribution in [-0.2, 0) is 5.41 Å². The van der Waals surface area contributed by atoms with E-state index in [2.05, 4.69) is 175 Å². The first-order valence-electron chi connectivity index (χ1n) is 18.9. The number of ether oxygens (including phenoxy) is 2. The first-order chi connectivity index (χ1) is 27.1. The van der Waals surface area contributed by atoms with E-state index >= 15 is 0 Å². The Bertz CT molecular complexity index is 3060. The van der Waals surface area contributed by atoms with E-state index in [1.165, 1.54) is 33.4 Å². The Hall–Kier alpha value is -7.04. The fraction of sp³-hybridized carbons (Fsp3) is 0.0588. The SMILES string of the molecule is CC1(C)c2ccccc2-c2c(N(c3ccc(-c4ccc5c6cccc7c6n6c5c4Oc4cccc(c4-6)O7)cc3)c3ccccc3-c3ccccc3)cccc21. The Morgan fingerprint density at radius 2 is 1.09 bits per heavy atom. The highest BCUT2D eigenvalue weighted by Gasteiger charge is 2.38. The quantitative estimate of drug-likeness (QED) is 0.178. The van der Waals surface area contributed by atoms with Crippen LogP contribution in [0.4, 0.5) is 17.1 Å². The van der Waals surface area contributed by atoms with Crippen LogP contribution in [-0.4, -0.2) is 4.57 Å². The Balaban J connectivity index is 1.07. The van der Waals surface area contributed by atoms with Crippen LogP contribution in [0.3, 0.4) is 0 Å². The van der Waals surface area contributed by atoms with E-state index in [-0.39, 0.29) is 5.41 Å². The molecule has 8 aromatic carbocycles. The standard InChI is InChI=1S/C51H34N2O2/c1-51(2)39-18-8-6-16-38(39)46-40(51)19-11-21-42(46)52(41-20-9-7-15-34(41)31-13-4-3-5-14-31)33-27-25-32(26-28-33)35-29-30-37-36-17-10-22-43-47(36)53-48(37)50(35)55-45-24-12-23-44(54-43)49(45)53/h3-30H,1-2H3. The monoisotopic (exact) mass is 706 g/mol. The Morgan fingerprint density at radius 1 is 0.455 bits per heavy atom. The maximum absolute atomic E-state index is 6.85. The van der Waals surface area contributed by atoms with Gasteiger partial charge in [-0.2, -0.15) is 0 Å². The number of anilines is 3. The van der Waals surface area contributed by atoms with Crippen LogP contribution in [0.2, 0.25) is 0 Å². The summed E-state index contributed by atoms with van der Waals surface area (Å²) >= 11 is 0. The number of hydrogen-bond acceptors (Lipinski definition) is 3. The minimum absolute atomic E-state index is 0.119. The average molecular weight is 707 g/mol. The molecule has 0 N–H and O–H groups in total. The number of hydrogen-bond donors (Lipinski definition) is 0. The molecule has 12 rings (SSSR count). The number of fused-ring (bicyclic) bond motifs is 4. The molecule has 0 atom stereocenters. The molecule has 1 aliphatic carbocycles. The van der Waals surface area contributed by atoms with Crippen LogP contribution < -0.4 is 14.4 Å². The number of nitrogens with zero attached hydrogens (tertiary/aromatic N) is 2. The van der Waals surface area contributed by atoms with Crippen molar-refractivity contribution in [2.24, 2.45) is 0 Å². The lowest BCUT2D eigenvalue weighted by molar-refractivity contribution is 0.445. The summed E-state index contributed by atoms with van der Waals surface area (Å²) in [7, 11) is 0. The molecule has 0 bridgehead atoms. The molecule has 3 aliphatic rings. The first kappa shape index (κ1) is 30.4. The average Bonchev–Trinajstić information content (AvgIpc) is 3.70. The third-order valence-corrected chi connectivity index (χ3v) is 12.0. The van der Waals surface area contributed by atoms with Crippen molar-refractivity contribution in [2.45, 2.75) is 19.3 Å². The van der Waals surface area contributed by atoms with Gasteiger partial charge in [0.15, 0.2) is 23.0 Å². The van der Waals surface area contributed by atoms with E-state index in [0.717, 1.165) is 78.7 Å². The van der Waals surface area contributed by atoms with Gasteiger partial charge in [0.1, 0.15) is 5.69 Å². The van der Waals surface area contributed by atoms with Gasteiger partial charge in [-0.1, -0.05) is 135 Å². The molecule has 3 heterocycles. The molecule has 4 nitrogen and oxygen atoms in total. The zero-order valence-corrected chi connectivity index (χ0v) is 30.4. The summed E-state index contributed by atoms with van der Waals surface area (Å²) in [5, 5.41) is 2.32. The number of para-hydroxylation sites is 3. The maximum atomic E-state index is 6.85. The Morgan fingerprint density at radius 3 is 1.95 bits per heavy atom. The number of rotatable bonds is 5. The molecule has 0 spiro atoms. The van der Waals surface area contributed by atoms with Gasteiger partial charge < -0.3 is 14.4 Å². The van der Waals surface area contributed by atoms with Crippen molar-refractivity contribution in [2.75, 3.05) is 4.90 Å².